The molecule has 336 valence electrons. The molecular weight excluding hydrogens is 818 g/mol. The van der Waals surface area contributed by atoms with Crippen LogP contribution in [0.5, 0.6) is 0 Å². The molecule has 0 aromatic heterocycles. The van der Waals surface area contributed by atoms with Crippen molar-refractivity contribution in [3.05, 3.63) is 0 Å². The van der Waals surface area contributed by atoms with Crippen LogP contribution in [0.3, 0.4) is 0 Å². The Morgan fingerprint density at radius 3 is 1.83 bits per heavy atom. The number of hydrogen-bond donors (Lipinski definition) is 2. The van der Waals surface area contributed by atoms with Gasteiger partial charge in [0.1, 0.15) is 67.0 Å². The normalized spacial score (nSPS) is 39.1. The van der Waals surface area contributed by atoms with Crippen LogP contribution in [-0.2, 0) is 65.1 Å². The van der Waals surface area contributed by atoms with Crippen molar-refractivity contribution in [1.29, 1.82) is 0 Å². The third-order valence-corrected chi connectivity index (χ3v) is 11.3. The van der Waals surface area contributed by atoms with Gasteiger partial charge in [-0.15, -0.1) is 0 Å². The molecule has 25 heteroatoms. The Kier molecular flexibility index (Phi) is 22.8. The van der Waals surface area contributed by atoms with E-state index in [9.17, 15) is 24.0 Å². The first-order chi connectivity index (χ1) is 26.9. The van der Waals surface area contributed by atoms with Gasteiger partial charge in [-0.3, -0.25) is 9.13 Å². The van der Waals surface area contributed by atoms with E-state index in [1.807, 2.05) is 41.5 Å². The maximum absolute atomic E-state index is 12.4. The minimum atomic E-state index is -4.77. The van der Waals surface area contributed by atoms with E-state index in [1.165, 1.54) is 0 Å². The van der Waals surface area contributed by atoms with Crippen LogP contribution >= 0.6 is 15.6 Å². The lowest BCUT2D eigenvalue weighted by molar-refractivity contribution is -0.260. The van der Waals surface area contributed by atoms with Crippen molar-refractivity contribution in [2.24, 2.45) is 0 Å². The lowest BCUT2D eigenvalue weighted by Crippen LogP contribution is -2.52. The molecule has 0 aliphatic carbocycles. The van der Waals surface area contributed by atoms with Crippen LogP contribution in [-0.4, -0.2) is 183 Å². The molecule has 3 N–H and O–H groups in total. The SMILES string of the molecule is [B][C@H]1C[C@@H](OC(C)C)[C@@H](CO)O1.[B][C@H]1C[C@@H](OC(C)C)[C@@H](COP(=O)([O-])O[C@@H]2C[C@H]([B])O[C@]2(CO)COC(C)C)O1.[B][C@H]1C[C@H]2OP(=O)([O-])OC[C@]2(COC(C)C)O1.[OH-]. The third-order valence-electron chi connectivity index (χ3n) is 9.34. The first-order valence-electron chi connectivity index (χ1n) is 19.6. The summed E-state index contributed by atoms with van der Waals surface area (Å²) < 4.78 is 87.5. The van der Waals surface area contributed by atoms with Gasteiger partial charge in [-0.25, -0.2) is 0 Å². The number of phosphoric ester groups is 2. The lowest BCUT2D eigenvalue weighted by Gasteiger charge is -2.42. The molecule has 2 unspecified atom stereocenters. The van der Waals surface area contributed by atoms with E-state index in [4.69, 9.17) is 88.0 Å². The fraction of sp³-hybridized carbons (Fsp3) is 1.00. The molecule has 5 heterocycles. The molecule has 0 spiro atoms. The Morgan fingerprint density at radius 2 is 1.31 bits per heavy atom. The summed E-state index contributed by atoms with van der Waals surface area (Å²) in [7, 11) is 13.8. The van der Waals surface area contributed by atoms with Crippen molar-refractivity contribution in [2.75, 3.05) is 39.6 Å². The molecule has 5 saturated heterocycles. The zero-order valence-electron chi connectivity index (χ0n) is 35.2. The topological polar surface area (TPSA) is 261 Å². The summed E-state index contributed by atoms with van der Waals surface area (Å²) in [5.74, 6) is 0. The fourth-order valence-corrected chi connectivity index (χ4v) is 8.73. The second-order valence-corrected chi connectivity index (χ2v) is 18.7. The molecule has 0 aromatic carbocycles. The van der Waals surface area contributed by atoms with Gasteiger partial charge < -0.3 is 81.5 Å². The Balaban J connectivity index is 0.000000337. The zero-order chi connectivity index (χ0) is 43.6. The van der Waals surface area contributed by atoms with E-state index in [2.05, 4.69) is 4.52 Å². The number of aliphatic hydroxyl groups is 2. The van der Waals surface area contributed by atoms with Gasteiger partial charge in [0.15, 0.2) is 0 Å². The monoisotopic (exact) mass is 879 g/mol. The van der Waals surface area contributed by atoms with Crippen molar-refractivity contribution < 1.29 is 90.6 Å². The molecule has 8 radical (unpaired) electrons. The number of aliphatic hydroxyl groups excluding tert-OH is 2. The quantitative estimate of drug-likeness (QED) is 0.142. The average molecular weight is 879 g/mol. The molecule has 5 rings (SSSR count). The Morgan fingerprint density at radius 1 is 0.780 bits per heavy atom. The minimum Gasteiger partial charge on any atom is -0.870 e. The van der Waals surface area contributed by atoms with E-state index in [0.717, 1.165) is 0 Å². The number of hydrogen-bond acceptors (Lipinski definition) is 19. The maximum atomic E-state index is 12.4. The van der Waals surface area contributed by atoms with Crippen LogP contribution in [0, 0.1) is 0 Å². The van der Waals surface area contributed by atoms with Crippen molar-refractivity contribution in [2.45, 2.75) is 177 Å². The molecule has 0 aromatic rings. The molecule has 5 fully saturated rings. The molecule has 19 nitrogen and oxygen atoms in total. The predicted octanol–water partition coefficient (Wildman–Crippen LogP) is -0.167. The smallest absolute Gasteiger partial charge is 0.268 e. The van der Waals surface area contributed by atoms with E-state index >= 15 is 0 Å². The zero-order valence-corrected chi connectivity index (χ0v) is 37.0. The van der Waals surface area contributed by atoms with Gasteiger partial charge in [0, 0.05) is 24.0 Å². The molecule has 59 heavy (non-hydrogen) atoms. The van der Waals surface area contributed by atoms with Crippen molar-refractivity contribution in [3.8, 4) is 0 Å². The predicted molar refractivity (Wildman–Crippen MR) is 209 cm³/mol. The molecule has 0 amide bonds. The number of fused-ring (bicyclic) bond motifs is 1. The summed E-state index contributed by atoms with van der Waals surface area (Å²) in [6.45, 7) is 14.2. The van der Waals surface area contributed by atoms with Crippen LogP contribution in [0.4, 0.5) is 0 Å². The highest BCUT2D eigenvalue weighted by atomic mass is 31.2. The maximum Gasteiger partial charge on any atom is 0.268 e. The van der Waals surface area contributed by atoms with Gasteiger partial charge in [-0.05, 0) is 81.1 Å². The number of ether oxygens (including phenoxy) is 8. The van der Waals surface area contributed by atoms with Gasteiger partial charge in [0.25, 0.3) is 15.6 Å². The molecule has 0 bridgehead atoms. The largest absolute Gasteiger partial charge is 0.870 e. The van der Waals surface area contributed by atoms with Crippen LogP contribution in [0.1, 0.15) is 81.1 Å². The van der Waals surface area contributed by atoms with Gasteiger partial charge in [0.05, 0.1) is 76.3 Å². The lowest BCUT2D eigenvalue weighted by atomic mass is 9.93. The number of rotatable bonds is 17. The van der Waals surface area contributed by atoms with E-state index in [-0.39, 0.29) is 93.7 Å². The van der Waals surface area contributed by atoms with Crippen molar-refractivity contribution >= 4 is 47.0 Å². The van der Waals surface area contributed by atoms with E-state index in [1.54, 1.807) is 13.8 Å². The highest BCUT2D eigenvalue weighted by Crippen LogP contribution is 2.52. The standard InChI is InChI=1S/C17H31B2O9P.C9H16BO6P.C8H15BO3.H2O/c1-10(2)23-9-17(8-20)14(6-16(19)27-17)28-29(21,22)24-7-13-12(25-11(3)4)5-15(18)26-13;1-6(2)13-4-9-5-14-17(11,12)16-7(9)3-8(10)15-9;1-5(2)11-6-3-8(9)12-7(6)4-10;/h10-16,20H,5-9H2,1-4H3,(H,21,22);6-8H,3-5H2,1-2H3,(H,11,12);5-8,10H,3-4H2,1-2H3;1H2/p-3/t12-,13-,14-,15-,16-,17-;7-,8-,9+;6-,7-,8-;/m111./s1. The summed E-state index contributed by atoms with van der Waals surface area (Å²) in [5.41, 5.74) is -2.31. The van der Waals surface area contributed by atoms with Crippen LogP contribution in [0.15, 0.2) is 0 Å². The first-order valence-corrected chi connectivity index (χ1v) is 22.6. The Bertz CT molecular complexity index is 1330. The van der Waals surface area contributed by atoms with Crippen molar-refractivity contribution in [3.63, 3.8) is 0 Å². The van der Waals surface area contributed by atoms with Gasteiger partial charge in [0.2, 0.25) is 0 Å². The van der Waals surface area contributed by atoms with Gasteiger partial charge in [-0.1, -0.05) is 0 Å². The molecule has 5 aliphatic heterocycles. The van der Waals surface area contributed by atoms with Crippen LogP contribution in [0.25, 0.3) is 0 Å². The highest BCUT2D eigenvalue weighted by Gasteiger charge is 2.54. The number of phosphoric acid groups is 2. The van der Waals surface area contributed by atoms with E-state index < -0.39 is 69.8 Å². The highest BCUT2D eigenvalue weighted by molar-refractivity contribution is 7.46. The molecule has 14 atom stereocenters. The Labute approximate surface area is 353 Å². The molecule has 0 saturated carbocycles. The van der Waals surface area contributed by atoms with Crippen LogP contribution < -0.4 is 9.79 Å². The summed E-state index contributed by atoms with van der Waals surface area (Å²) >= 11 is 0. The molecule has 5 aliphatic rings. The van der Waals surface area contributed by atoms with Crippen LogP contribution in [0.2, 0.25) is 0 Å². The van der Waals surface area contributed by atoms with E-state index in [0.29, 0.717) is 19.3 Å². The summed E-state index contributed by atoms with van der Waals surface area (Å²) in [6.07, 6.45) is -1.61. The summed E-state index contributed by atoms with van der Waals surface area (Å²) in [4.78, 5) is 23.7. The minimum absolute atomic E-state index is 0. The third kappa shape index (κ3) is 17.5. The Hall–Kier alpha value is 0.0397. The summed E-state index contributed by atoms with van der Waals surface area (Å²) in [5, 5.41) is 18.7. The van der Waals surface area contributed by atoms with Gasteiger partial charge in [-0.2, -0.15) is 0 Å². The first kappa shape index (κ1) is 55.2. The second kappa shape index (κ2) is 24.4. The summed E-state index contributed by atoms with van der Waals surface area (Å²) in [6, 6.07) is -2.21. The molecular formula is C34H61B4O19P2-3. The fourth-order valence-electron chi connectivity index (χ4n) is 6.72. The van der Waals surface area contributed by atoms with Crippen molar-refractivity contribution in [1.82, 2.24) is 0 Å². The van der Waals surface area contributed by atoms with Gasteiger partial charge >= 0.3 is 0 Å². The average Bonchev–Trinajstić information content (AvgIpc) is 3.83. The second-order valence-electron chi connectivity index (χ2n) is 16.0.